The molecule has 0 bridgehead atoms. The molecule has 1 aromatic carbocycles. The minimum atomic E-state index is 0.288. The van der Waals surface area contributed by atoms with Crippen molar-refractivity contribution in [3.63, 3.8) is 0 Å². The first kappa shape index (κ1) is 17.8. The molecule has 3 heteroatoms. The van der Waals surface area contributed by atoms with Crippen molar-refractivity contribution in [3.8, 4) is 11.5 Å². The molecule has 120 valence electrons. The highest BCUT2D eigenvalue weighted by molar-refractivity contribution is 5.42. The van der Waals surface area contributed by atoms with E-state index in [-0.39, 0.29) is 6.04 Å². The number of methoxy groups -OCH3 is 1. The predicted molar refractivity (Wildman–Crippen MR) is 89.3 cm³/mol. The lowest BCUT2D eigenvalue weighted by Crippen LogP contribution is -2.20. The summed E-state index contributed by atoms with van der Waals surface area (Å²) >= 11 is 0. The van der Waals surface area contributed by atoms with E-state index in [1.54, 1.807) is 7.11 Å². The number of ether oxygens (including phenoxy) is 2. The Balaban J connectivity index is 2.72. The van der Waals surface area contributed by atoms with Gasteiger partial charge in [-0.2, -0.15) is 0 Å². The minimum absolute atomic E-state index is 0.288. The molecule has 0 saturated carbocycles. The zero-order valence-electron chi connectivity index (χ0n) is 14.2. The van der Waals surface area contributed by atoms with E-state index in [2.05, 4.69) is 39.1 Å². The molecule has 0 aliphatic heterocycles. The lowest BCUT2D eigenvalue weighted by atomic mass is 10.1. The molecule has 0 aromatic heterocycles. The van der Waals surface area contributed by atoms with Gasteiger partial charge in [0.25, 0.3) is 0 Å². The van der Waals surface area contributed by atoms with Crippen molar-refractivity contribution in [2.75, 3.05) is 20.3 Å². The number of rotatable bonds is 10. The molecule has 1 rings (SSSR count). The van der Waals surface area contributed by atoms with Gasteiger partial charge >= 0.3 is 0 Å². The van der Waals surface area contributed by atoms with Gasteiger partial charge in [-0.3, -0.25) is 0 Å². The number of benzene rings is 1. The van der Waals surface area contributed by atoms with Gasteiger partial charge in [-0.1, -0.05) is 26.8 Å². The molecule has 0 radical (unpaired) electrons. The smallest absolute Gasteiger partial charge is 0.127 e. The van der Waals surface area contributed by atoms with E-state index < -0.39 is 0 Å². The van der Waals surface area contributed by atoms with E-state index in [1.807, 2.05) is 12.1 Å². The van der Waals surface area contributed by atoms with Crippen LogP contribution in [0.15, 0.2) is 18.2 Å². The maximum absolute atomic E-state index is 6.01. The quantitative estimate of drug-likeness (QED) is 0.641. The van der Waals surface area contributed by atoms with Gasteiger partial charge in [0.15, 0.2) is 0 Å². The summed E-state index contributed by atoms with van der Waals surface area (Å²) in [4.78, 5) is 0. The fourth-order valence-corrected chi connectivity index (χ4v) is 2.27. The normalized spacial score (nSPS) is 12.5. The average Bonchev–Trinajstić information content (AvgIpc) is 2.48. The van der Waals surface area contributed by atoms with Crippen LogP contribution in [-0.4, -0.2) is 20.3 Å². The molecule has 1 unspecified atom stereocenters. The zero-order chi connectivity index (χ0) is 15.7. The number of hydrogen-bond acceptors (Lipinski definition) is 3. The standard InChI is InChI=1S/C18H31NO2/c1-6-11-19-15(4)17-10-9-16(20-5)13-18(17)21-12-7-8-14(2)3/h9-10,13-15,19H,6-8,11-12H2,1-5H3. The highest BCUT2D eigenvalue weighted by Gasteiger charge is 2.12. The third kappa shape index (κ3) is 6.38. The Morgan fingerprint density at radius 2 is 1.95 bits per heavy atom. The fourth-order valence-electron chi connectivity index (χ4n) is 2.27. The molecule has 0 spiro atoms. The maximum Gasteiger partial charge on any atom is 0.127 e. The van der Waals surface area contributed by atoms with Crippen LogP contribution < -0.4 is 14.8 Å². The lowest BCUT2D eigenvalue weighted by Gasteiger charge is -2.19. The summed E-state index contributed by atoms with van der Waals surface area (Å²) in [5, 5.41) is 3.51. The maximum atomic E-state index is 6.01. The van der Waals surface area contributed by atoms with Crippen LogP contribution in [0.3, 0.4) is 0 Å². The highest BCUT2D eigenvalue weighted by atomic mass is 16.5. The second-order valence-corrected chi connectivity index (χ2v) is 5.96. The Hall–Kier alpha value is -1.22. The van der Waals surface area contributed by atoms with Crippen LogP contribution in [0.1, 0.15) is 58.6 Å². The molecule has 0 heterocycles. The summed E-state index contributed by atoms with van der Waals surface area (Å²) in [6.07, 6.45) is 3.42. The average molecular weight is 293 g/mol. The van der Waals surface area contributed by atoms with Gasteiger partial charge in [-0.25, -0.2) is 0 Å². The van der Waals surface area contributed by atoms with Crippen molar-refractivity contribution in [3.05, 3.63) is 23.8 Å². The van der Waals surface area contributed by atoms with Crippen molar-refractivity contribution in [2.45, 2.75) is 53.0 Å². The first-order valence-electron chi connectivity index (χ1n) is 8.12. The van der Waals surface area contributed by atoms with Gasteiger partial charge in [-0.05, 0) is 44.7 Å². The van der Waals surface area contributed by atoms with Crippen LogP contribution in [-0.2, 0) is 0 Å². The van der Waals surface area contributed by atoms with Crippen LogP contribution >= 0.6 is 0 Å². The second kappa shape index (κ2) is 9.67. The Morgan fingerprint density at radius 1 is 1.19 bits per heavy atom. The SMILES string of the molecule is CCCNC(C)c1ccc(OC)cc1OCCCC(C)C. The van der Waals surface area contributed by atoms with Crippen molar-refractivity contribution in [1.29, 1.82) is 0 Å². The van der Waals surface area contributed by atoms with Gasteiger partial charge < -0.3 is 14.8 Å². The molecule has 0 aliphatic rings. The van der Waals surface area contributed by atoms with Gasteiger partial charge in [0.05, 0.1) is 13.7 Å². The van der Waals surface area contributed by atoms with Crippen molar-refractivity contribution >= 4 is 0 Å². The molecule has 0 amide bonds. The summed E-state index contributed by atoms with van der Waals surface area (Å²) in [6.45, 7) is 10.6. The van der Waals surface area contributed by atoms with E-state index in [0.717, 1.165) is 43.4 Å². The number of hydrogen-bond donors (Lipinski definition) is 1. The molecule has 1 aromatic rings. The van der Waals surface area contributed by atoms with Crippen molar-refractivity contribution in [2.24, 2.45) is 5.92 Å². The van der Waals surface area contributed by atoms with Crippen LogP contribution in [0.25, 0.3) is 0 Å². The van der Waals surface area contributed by atoms with E-state index in [4.69, 9.17) is 9.47 Å². The van der Waals surface area contributed by atoms with E-state index in [9.17, 15) is 0 Å². The second-order valence-electron chi connectivity index (χ2n) is 5.96. The molecule has 1 N–H and O–H groups in total. The third-order valence-corrected chi connectivity index (χ3v) is 3.57. The monoisotopic (exact) mass is 293 g/mol. The number of nitrogens with one attached hydrogen (secondary N) is 1. The first-order valence-corrected chi connectivity index (χ1v) is 8.12. The topological polar surface area (TPSA) is 30.5 Å². The summed E-state index contributed by atoms with van der Waals surface area (Å²) < 4.78 is 11.3. The van der Waals surface area contributed by atoms with Gasteiger partial charge in [0.1, 0.15) is 11.5 Å². The summed E-state index contributed by atoms with van der Waals surface area (Å²) in [5.74, 6) is 2.51. The summed E-state index contributed by atoms with van der Waals surface area (Å²) in [7, 11) is 1.69. The molecular formula is C18H31NO2. The van der Waals surface area contributed by atoms with Crippen LogP contribution in [0.4, 0.5) is 0 Å². The Bertz CT molecular complexity index is 404. The predicted octanol–water partition coefficient (Wildman–Crippen LogP) is 4.57. The van der Waals surface area contributed by atoms with Crippen molar-refractivity contribution < 1.29 is 9.47 Å². The summed E-state index contributed by atoms with van der Waals surface area (Å²) in [5.41, 5.74) is 1.20. The molecule has 3 nitrogen and oxygen atoms in total. The molecule has 1 atom stereocenters. The summed E-state index contributed by atoms with van der Waals surface area (Å²) in [6, 6.07) is 6.38. The molecule has 0 fully saturated rings. The van der Waals surface area contributed by atoms with Gasteiger partial charge in [0.2, 0.25) is 0 Å². The Morgan fingerprint density at radius 3 is 2.57 bits per heavy atom. The van der Waals surface area contributed by atoms with E-state index in [0.29, 0.717) is 0 Å². The molecular weight excluding hydrogens is 262 g/mol. The van der Waals surface area contributed by atoms with Gasteiger partial charge in [0, 0.05) is 17.7 Å². The van der Waals surface area contributed by atoms with Crippen LogP contribution in [0.2, 0.25) is 0 Å². The Kier molecular flexibility index (Phi) is 8.21. The van der Waals surface area contributed by atoms with E-state index in [1.165, 1.54) is 12.0 Å². The molecule has 21 heavy (non-hydrogen) atoms. The zero-order valence-corrected chi connectivity index (χ0v) is 14.2. The van der Waals surface area contributed by atoms with Gasteiger partial charge in [-0.15, -0.1) is 0 Å². The third-order valence-electron chi connectivity index (χ3n) is 3.57. The molecule has 0 aliphatic carbocycles. The fraction of sp³-hybridized carbons (Fsp3) is 0.667. The minimum Gasteiger partial charge on any atom is -0.497 e. The van der Waals surface area contributed by atoms with Crippen LogP contribution in [0, 0.1) is 5.92 Å². The first-order chi connectivity index (χ1) is 10.1. The van der Waals surface area contributed by atoms with E-state index >= 15 is 0 Å². The largest absolute Gasteiger partial charge is 0.497 e. The van der Waals surface area contributed by atoms with Crippen LogP contribution in [0.5, 0.6) is 11.5 Å². The van der Waals surface area contributed by atoms with Crippen molar-refractivity contribution in [1.82, 2.24) is 5.32 Å². The lowest BCUT2D eigenvalue weighted by molar-refractivity contribution is 0.290. The highest BCUT2D eigenvalue weighted by Crippen LogP contribution is 2.30. The molecule has 0 saturated heterocycles. The Labute approximate surface area is 130 Å².